The van der Waals surface area contributed by atoms with Crippen LogP contribution >= 0.6 is 0 Å². The maximum Gasteiger partial charge on any atom is 0.410 e. The SMILES string of the molecule is COC1C=CC=C(CN(C)C(O)c2ccc(CC3CCC(C(O)c4ccc(OC(F)F)cc4)N3C(=O)OC(C)(C)C)cc2)N1. The van der Waals surface area contributed by atoms with Gasteiger partial charge in [-0.15, -0.1) is 0 Å². The Bertz CT molecular complexity index is 1300. The van der Waals surface area contributed by atoms with E-state index in [1.165, 1.54) is 24.3 Å². The predicted octanol–water partition coefficient (Wildman–Crippen LogP) is 5.27. The summed E-state index contributed by atoms with van der Waals surface area (Å²) in [5.74, 6) is -0.0105. The zero-order chi connectivity index (χ0) is 32.0. The van der Waals surface area contributed by atoms with E-state index in [1.807, 2.05) is 54.4 Å². The van der Waals surface area contributed by atoms with E-state index < -0.39 is 36.7 Å². The van der Waals surface area contributed by atoms with E-state index in [-0.39, 0.29) is 18.0 Å². The quantitative estimate of drug-likeness (QED) is 0.294. The number of hydrogen-bond acceptors (Lipinski definition) is 8. The molecule has 0 aliphatic carbocycles. The van der Waals surface area contributed by atoms with Crippen LogP contribution in [0.2, 0.25) is 0 Å². The Morgan fingerprint density at radius 1 is 1.07 bits per heavy atom. The molecule has 11 heteroatoms. The minimum absolute atomic E-state index is 0.0105. The maximum absolute atomic E-state index is 13.4. The number of hydrogen-bond donors (Lipinski definition) is 3. The lowest BCUT2D eigenvalue weighted by atomic mass is 10.00. The maximum atomic E-state index is 13.4. The van der Waals surface area contributed by atoms with Crippen molar-refractivity contribution >= 4 is 6.09 Å². The molecule has 0 radical (unpaired) electrons. The number of nitrogens with one attached hydrogen (secondary N) is 1. The first-order valence-corrected chi connectivity index (χ1v) is 14.7. The summed E-state index contributed by atoms with van der Waals surface area (Å²) >= 11 is 0. The lowest BCUT2D eigenvalue weighted by Gasteiger charge is -2.35. The summed E-state index contributed by atoms with van der Waals surface area (Å²) in [7, 11) is 3.46. The van der Waals surface area contributed by atoms with Crippen molar-refractivity contribution in [3.8, 4) is 5.75 Å². The van der Waals surface area contributed by atoms with Crippen LogP contribution in [0.4, 0.5) is 13.6 Å². The van der Waals surface area contributed by atoms with E-state index in [0.717, 1.165) is 16.8 Å². The minimum Gasteiger partial charge on any atom is -0.444 e. The van der Waals surface area contributed by atoms with Gasteiger partial charge in [-0.1, -0.05) is 42.5 Å². The molecule has 1 amide bonds. The van der Waals surface area contributed by atoms with Gasteiger partial charge in [0.2, 0.25) is 0 Å². The van der Waals surface area contributed by atoms with Gasteiger partial charge < -0.3 is 29.7 Å². The first-order chi connectivity index (χ1) is 20.8. The van der Waals surface area contributed by atoms with Gasteiger partial charge >= 0.3 is 12.7 Å². The largest absolute Gasteiger partial charge is 0.444 e. The summed E-state index contributed by atoms with van der Waals surface area (Å²) < 4.78 is 40.6. The monoisotopic (exact) mass is 615 g/mol. The number of methoxy groups -OCH3 is 1. The average Bonchev–Trinajstić information content (AvgIpc) is 3.39. The number of carbonyl (C=O) groups is 1. The van der Waals surface area contributed by atoms with Crippen LogP contribution in [-0.4, -0.2) is 77.3 Å². The number of amides is 1. The Morgan fingerprint density at radius 3 is 2.34 bits per heavy atom. The van der Waals surface area contributed by atoms with Crippen molar-refractivity contribution in [1.29, 1.82) is 0 Å². The van der Waals surface area contributed by atoms with E-state index in [1.54, 1.807) is 32.8 Å². The van der Waals surface area contributed by atoms with E-state index in [2.05, 4.69) is 10.1 Å². The second kappa shape index (κ2) is 14.5. The molecule has 240 valence electrons. The van der Waals surface area contributed by atoms with Gasteiger partial charge in [0.15, 0.2) is 0 Å². The first-order valence-electron chi connectivity index (χ1n) is 14.7. The lowest BCUT2D eigenvalue weighted by molar-refractivity contribution is -0.0499. The molecule has 2 aromatic carbocycles. The Morgan fingerprint density at radius 2 is 1.73 bits per heavy atom. The fourth-order valence-electron chi connectivity index (χ4n) is 5.59. The highest BCUT2D eigenvalue weighted by atomic mass is 19.3. The number of benzene rings is 2. The van der Waals surface area contributed by atoms with E-state index >= 15 is 0 Å². The van der Waals surface area contributed by atoms with Crippen LogP contribution in [0.25, 0.3) is 0 Å². The second-order valence-electron chi connectivity index (χ2n) is 12.2. The van der Waals surface area contributed by atoms with Crippen molar-refractivity contribution in [2.45, 2.75) is 82.9 Å². The van der Waals surface area contributed by atoms with Crippen molar-refractivity contribution in [1.82, 2.24) is 15.1 Å². The number of alkyl halides is 2. The number of rotatable bonds is 11. The molecule has 0 spiro atoms. The molecule has 3 N–H and O–H groups in total. The summed E-state index contributed by atoms with van der Waals surface area (Å²) in [6.07, 6.45) is 4.86. The van der Waals surface area contributed by atoms with Crippen molar-refractivity contribution in [3.05, 3.63) is 89.1 Å². The lowest BCUT2D eigenvalue weighted by Crippen LogP contribution is -2.47. The van der Waals surface area contributed by atoms with Gasteiger partial charge in [-0.05, 0) is 88.1 Å². The number of likely N-dealkylation sites (N-methyl/N-ethyl adjacent to an activating group) is 1. The van der Waals surface area contributed by atoms with E-state index in [0.29, 0.717) is 31.4 Å². The number of ether oxygens (including phenoxy) is 3. The van der Waals surface area contributed by atoms with Gasteiger partial charge in [0.05, 0.1) is 12.1 Å². The van der Waals surface area contributed by atoms with Gasteiger partial charge in [-0.25, -0.2) is 4.79 Å². The third-order valence-electron chi connectivity index (χ3n) is 7.71. The van der Waals surface area contributed by atoms with Crippen molar-refractivity contribution in [2.24, 2.45) is 0 Å². The molecule has 5 atom stereocenters. The van der Waals surface area contributed by atoms with Crippen LogP contribution in [0.3, 0.4) is 0 Å². The highest BCUT2D eigenvalue weighted by Gasteiger charge is 2.43. The number of halogens is 2. The Kier molecular flexibility index (Phi) is 11.0. The van der Waals surface area contributed by atoms with Gasteiger partial charge in [-0.2, -0.15) is 8.78 Å². The number of aliphatic hydroxyl groups is 2. The smallest absolute Gasteiger partial charge is 0.410 e. The number of allylic oxidation sites excluding steroid dienone is 2. The number of aliphatic hydroxyl groups excluding tert-OH is 2. The zero-order valence-corrected chi connectivity index (χ0v) is 25.8. The van der Waals surface area contributed by atoms with Crippen LogP contribution in [0.1, 0.15) is 62.6 Å². The summed E-state index contributed by atoms with van der Waals surface area (Å²) in [6, 6.07) is 12.6. The Balaban J connectivity index is 1.45. The normalized spacial score (nSPS) is 21.7. The zero-order valence-electron chi connectivity index (χ0n) is 25.8. The number of nitrogens with zero attached hydrogens (tertiary/aromatic N) is 2. The van der Waals surface area contributed by atoms with E-state index in [4.69, 9.17) is 9.47 Å². The molecule has 44 heavy (non-hydrogen) atoms. The molecular formula is C33H43F2N3O6. The summed E-state index contributed by atoms with van der Waals surface area (Å²) in [4.78, 5) is 16.9. The molecule has 0 saturated carbocycles. The molecule has 5 unspecified atom stereocenters. The van der Waals surface area contributed by atoms with Crippen molar-refractivity contribution in [2.75, 3.05) is 20.7 Å². The molecular weight excluding hydrogens is 572 g/mol. The van der Waals surface area contributed by atoms with Crippen LogP contribution < -0.4 is 10.1 Å². The predicted molar refractivity (Wildman–Crippen MR) is 162 cm³/mol. The fourth-order valence-corrected chi connectivity index (χ4v) is 5.59. The molecule has 2 aliphatic rings. The van der Waals surface area contributed by atoms with Gasteiger partial charge in [0.1, 0.15) is 23.8 Å². The van der Waals surface area contributed by atoms with Crippen molar-refractivity contribution in [3.63, 3.8) is 0 Å². The first kappa shape index (κ1) is 33.4. The minimum atomic E-state index is -2.94. The summed E-state index contributed by atoms with van der Waals surface area (Å²) in [5, 5.41) is 25.5. The second-order valence-corrected chi connectivity index (χ2v) is 12.2. The summed E-state index contributed by atoms with van der Waals surface area (Å²) in [6.45, 7) is 2.92. The highest BCUT2D eigenvalue weighted by Crippen LogP contribution is 2.36. The molecule has 4 rings (SSSR count). The molecule has 9 nitrogen and oxygen atoms in total. The Labute approximate surface area is 257 Å². The fraction of sp³-hybridized carbons (Fsp3) is 0.485. The molecule has 0 aromatic heterocycles. The van der Waals surface area contributed by atoms with Crippen LogP contribution in [-0.2, 0) is 15.9 Å². The number of dihydropyridines is 1. The third kappa shape index (κ3) is 8.78. The molecule has 2 heterocycles. The third-order valence-corrected chi connectivity index (χ3v) is 7.71. The molecule has 2 aromatic rings. The van der Waals surface area contributed by atoms with Gasteiger partial charge in [-0.3, -0.25) is 9.80 Å². The molecule has 2 aliphatic heterocycles. The standard InChI is InChI=1S/C33H43F2N3O6/c1-33(2,3)44-32(41)38-25(15-18-27(38)29(39)22-13-16-26(17-14-22)43-31(34)35)19-21-9-11-23(12-10-21)30(40)37(4)20-24-7-6-8-28(36-24)42-5/h6-14,16-17,25,27-31,36,39-40H,15,18-20H2,1-5H3. The number of likely N-dealkylation sites (tertiary alicyclic amines) is 1. The van der Waals surface area contributed by atoms with Gasteiger partial charge in [0, 0.05) is 25.4 Å². The molecule has 1 fully saturated rings. The van der Waals surface area contributed by atoms with Crippen LogP contribution in [0.5, 0.6) is 5.75 Å². The Hall–Kier alpha value is -3.51. The highest BCUT2D eigenvalue weighted by molar-refractivity contribution is 5.69. The van der Waals surface area contributed by atoms with Crippen LogP contribution in [0, 0.1) is 0 Å². The number of carbonyl (C=O) groups excluding carboxylic acids is 1. The molecule has 0 bridgehead atoms. The topological polar surface area (TPSA) is 104 Å². The molecule has 1 saturated heterocycles. The van der Waals surface area contributed by atoms with Gasteiger partial charge in [0.25, 0.3) is 0 Å². The van der Waals surface area contributed by atoms with Crippen LogP contribution in [0.15, 0.2) is 72.5 Å². The average molecular weight is 616 g/mol. The summed E-state index contributed by atoms with van der Waals surface area (Å²) in [5.41, 5.74) is 2.38. The van der Waals surface area contributed by atoms with E-state index in [9.17, 15) is 23.8 Å². The van der Waals surface area contributed by atoms with Crippen molar-refractivity contribution < 1.29 is 38.0 Å².